The number of rotatable bonds is 7. The first-order chi connectivity index (χ1) is 9.83. The van der Waals surface area contributed by atoms with Gasteiger partial charge in [-0.3, -0.25) is 4.98 Å². The molecule has 1 aromatic carbocycles. The fourth-order valence-electron chi connectivity index (χ4n) is 2.01. The molecule has 0 fully saturated rings. The minimum Gasteiger partial charge on any atom is -0.394 e. The number of benzene rings is 1. The molecule has 1 aromatic heterocycles. The average Bonchev–Trinajstić information content (AvgIpc) is 2.52. The highest BCUT2D eigenvalue weighted by Crippen LogP contribution is 2.20. The van der Waals surface area contributed by atoms with Crippen LogP contribution in [-0.4, -0.2) is 23.2 Å². The van der Waals surface area contributed by atoms with Crippen molar-refractivity contribution in [2.24, 2.45) is 0 Å². The summed E-state index contributed by atoms with van der Waals surface area (Å²) in [5, 5.41) is 16.2. The van der Waals surface area contributed by atoms with Gasteiger partial charge in [0.15, 0.2) is 0 Å². The van der Waals surface area contributed by atoms with Gasteiger partial charge in [0.05, 0.1) is 36.4 Å². The van der Waals surface area contributed by atoms with Crippen molar-refractivity contribution in [1.82, 2.24) is 4.98 Å². The zero-order valence-electron chi connectivity index (χ0n) is 11.7. The first kappa shape index (κ1) is 14.3. The number of aliphatic hydroxyl groups is 1. The Morgan fingerprint density at radius 1 is 1.15 bits per heavy atom. The maximum Gasteiger partial charge on any atom is 0.0745 e. The zero-order valence-corrected chi connectivity index (χ0v) is 11.7. The van der Waals surface area contributed by atoms with Crippen LogP contribution >= 0.6 is 0 Å². The molecule has 0 saturated heterocycles. The SMILES string of the molecule is CCCNc1cncc(NC(CO)c2ccccc2)c1. The zero-order chi connectivity index (χ0) is 14.2. The van der Waals surface area contributed by atoms with Crippen molar-refractivity contribution in [3.63, 3.8) is 0 Å². The summed E-state index contributed by atoms with van der Waals surface area (Å²) in [6, 6.07) is 11.8. The fraction of sp³-hybridized carbons (Fsp3) is 0.312. The summed E-state index contributed by atoms with van der Waals surface area (Å²) in [5.41, 5.74) is 2.94. The van der Waals surface area contributed by atoms with Crippen LogP contribution in [0.1, 0.15) is 24.9 Å². The molecule has 0 aliphatic carbocycles. The van der Waals surface area contributed by atoms with Crippen molar-refractivity contribution >= 4 is 11.4 Å². The number of aliphatic hydroxyl groups excluding tert-OH is 1. The van der Waals surface area contributed by atoms with E-state index < -0.39 is 0 Å². The molecule has 106 valence electrons. The van der Waals surface area contributed by atoms with Crippen LogP contribution in [0.2, 0.25) is 0 Å². The lowest BCUT2D eigenvalue weighted by atomic mass is 10.1. The quantitative estimate of drug-likeness (QED) is 0.724. The molecule has 0 spiro atoms. The summed E-state index contributed by atoms with van der Waals surface area (Å²) < 4.78 is 0. The molecular formula is C16H21N3O. The van der Waals surface area contributed by atoms with E-state index in [2.05, 4.69) is 22.5 Å². The number of nitrogens with one attached hydrogen (secondary N) is 2. The van der Waals surface area contributed by atoms with Crippen LogP contribution in [0.3, 0.4) is 0 Å². The van der Waals surface area contributed by atoms with Crippen LogP contribution in [-0.2, 0) is 0 Å². The van der Waals surface area contributed by atoms with E-state index in [9.17, 15) is 5.11 Å². The normalized spacial score (nSPS) is 11.9. The number of nitrogens with zero attached hydrogens (tertiary/aromatic N) is 1. The topological polar surface area (TPSA) is 57.2 Å². The molecule has 1 atom stereocenters. The Morgan fingerprint density at radius 2 is 1.90 bits per heavy atom. The van der Waals surface area contributed by atoms with Crippen LogP contribution in [0.4, 0.5) is 11.4 Å². The van der Waals surface area contributed by atoms with E-state index in [1.165, 1.54) is 0 Å². The molecule has 0 saturated carbocycles. The molecule has 2 rings (SSSR count). The van der Waals surface area contributed by atoms with Gasteiger partial charge in [0.1, 0.15) is 0 Å². The highest BCUT2D eigenvalue weighted by atomic mass is 16.3. The van der Waals surface area contributed by atoms with Gasteiger partial charge in [-0.2, -0.15) is 0 Å². The largest absolute Gasteiger partial charge is 0.394 e. The van der Waals surface area contributed by atoms with Gasteiger partial charge < -0.3 is 15.7 Å². The van der Waals surface area contributed by atoms with E-state index in [1.54, 1.807) is 12.4 Å². The minimum absolute atomic E-state index is 0.0383. The number of hydrogen-bond acceptors (Lipinski definition) is 4. The van der Waals surface area contributed by atoms with Gasteiger partial charge in [-0.05, 0) is 18.1 Å². The predicted molar refractivity (Wildman–Crippen MR) is 82.9 cm³/mol. The second kappa shape index (κ2) is 7.50. The lowest BCUT2D eigenvalue weighted by Crippen LogP contribution is -2.15. The molecule has 0 radical (unpaired) electrons. The van der Waals surface area contributed by atoms with Crippen molar-refractivity contribution in [2.75, 3.05) is 23.8 Å². The minimum atomic E-state index is -0.126. The molecule has 3 N–H and O–H groups in total. The fourth-order valence-corrected chi connectivity index (χ4v) is 2.01. The Kier molecular flexibility index (Phi) is 5.38. The lowest BCUT2D eigenvalue weighted by Gasteiger charge is -2.18. The summed E-state index contributed by atoms with van der Waals surface area (Å²) in [5.74, 6) is 0. The number of aromatic nitrogens is 1. The molecule has 1 unspecified atom stereocenters. The van der Waals surface area contributed by atoms with Crippen molar-refractivity contribution < 1.29 is 5.11 Å². The molecule has 4 heteroatoms. The Bertz CT molecular complexity index is 516. The standard InChI is InChI=1S/C16H21N3O/c1-2-8-18-14-9-15(11-17-10-14)19-16(12-20)13-6-4-3-5-7-13/h3-7,9-11,16,18-20H,2,8,12H2,1H3. The summed E-state index contributed by atoms with van der Waals surface area (Å²) >= 11 is 0. The first-order valence-corrected chi connectivity index (χ1v) is 6.94. The Balaban J connectivity index is 2.07. The van der Waals surface area contributed by atoms with Gasteiger partial charge in [0, 0.05) is 6.54 Å². The third-order valence-corrected chi connectivity index (χ3v) is 3.04. The highest BCUT2D eigenvalue weighted by molar-refractivity contribution is 5.55. The lowest BCUT2D eigenvalue weighted by molar-refractivity contribution is 0.276. The van der Waals surface area contributed by atoms with Gasteiger partial charge in [0.25, 0.3) is 0 Å². The smallest absolute Gasteiger partial charge is 0.0745 e. The van der Waals surface area contributed by atoms with Crippen LogP contribution in [0.5, 0.6) is 0 Å². The van der Waals surface area contributed by atoms with Gasteiger partial charge in [0.2, 0.25) is 0 Å². The maximum atomic E-state index is 9.55. The molecule has 0 bridgehead atoms. The monoisotopic (exact) mass is 271 g/mol. The van der Waals surface area contributed by atoms with E-state index in [0.29, 0.717) is 0 Å². The molecule has 4 nitrogen and oxygen atoms in total. The summed E-state index contributed by atoms with van der Waals surface area (Å²) in [4.78, 5) is 4.21. The molecule has 1 heterocycles. The Morgan fingerprint density at radius 3 is 2.60 bits per heavy atom. The highest BCUT2D eigenvalue weighted by Gasteiger charge is 2.09. The number of hydrogen-bond donors (Lipinski definition) is 3. The molecule has 0 aliphatic rings. The van der Waals surface area contributed by atoms with Crippen LogP contribution in [0, 0.1) is 0 Å². The molecule has 0 aliphatic heterocycles. The maximum absolute atomic E-state index is 9.55. The van der Waals surface area contributed by atoms with Crippen molar-refractivity contribution in [3.05, 3.63) is 54.4 Å². The van der Waals surface area contributed by atoms with Crippen LogP contribution < -0.4 is 10.6 Å². The van der Waals surface area contributed by atoms with E-state index in [0.717, 1.165) is 29.9 Å². The van der Waals surface area contributed by atoms with Crippen molar-refractivity contribution in [3.8, 4) is 0 Å². The third kappa shape index (κ3) is 3.96. The average molecular weight is 271 g/mol. The van der Waals surface area contributed by atoms with Gasteiger partial charge in [-0.15, -0.1) is 0 Å². The second-order valence-electron chi connectivity index (χ2n) is 4.68. The molecule has 20 heavy (non-hydrogen) atoms. The number of pyridine rings is 1. The van der Waals surface area contributed by atoms with Crippen molar-refractivity contribution in [2.45, 2.75) is 19.4 Å². The predicted octanol–water partition coefficient (Wildman–Crippen LogP) is 3.05. The second-order valence-corrected chi connectivity index (χ2v) is 4.68. The Hall–Kier alpha value is -2.07. The van der Waals surface area contributed by atoms with E-state index in [4.69, 9.17) is 0 Å². The third-order valence-electron chi connectivity index (χ3n) is 3.04. The van der Waals surface area contributed by atoms with Gasteiger partial charge in [-0.25, -0.2) is 0 Å². The molecule has 2 aromatic rings. The van der Waals surface area contributed by atoms with Gasteiger partial charge >= 0.3 is 0 Å². The molecular weight excluding hydrogens is 250 g/mol. The molecule has 0 amide bonds. The van der Waals surface area contributed by atoms with Gasteiger partial charge in [-0.1, -0.05) is 37.3 Å². The number of anilines is 2. The van der Waals surface area contributed by atoms with Crippen LogP contribution in [0.25, 0.3) is 0 Å². The summed E-state index contributed by atoms with van der Waals surface area (Å²) in [7, 11) is 0. The van der Waals surface area contributed by atoms with E-state index >= 15 is 0 Å². The summed E-state index contributed by atoms with van der Waals surface area (Å²) in [6.07, 6.45) is 4.64. The Labute approximate surface area is 119 Å². The summed E-state index contributed by atoms with van der Waals surface area (Å²) in [6.45, 7) is 3.09. The van der Waals surface area contributed by atoms with Crippen LogP contribution in [0.15, 0.2) is 48.8 Å². The first-order valence-electron chi connectivity index (χ1n) is 6.94. The van der Waals surface area contributed by atoms with E-state index in [-0.39, 0.29) is 12.6 Å². The van der Waals surface area contributed by atoms with E-state index in [1.807, 2.05) is 36.4 Å². The van der Waals surface area contributed by atoms with Crippen molar-refractivity contribution in [1.29, 1.82) is 0 Å².